The van der Waals surface area contributed by atoms with Gasteiger partial charge in [-0.1, -0.05) is 0 Å². The van der Waals surface area contributed by atoms with Gasteiger partial charge in [-0.15, -0.1) is 0 Å². The van der Waals surface area contributed by atoms with E-state index in [9.17, 15) is 9.59 Å². The van der Waals surface area contributed by atoms with Gasteiger partial charge >= 0.3 is 0 Å². The van der Waals surface area contributed by atoms with Gasteiger partial charge in [-0.3, -0.25) is 9.59 Å². The molecule has 1 atom stereocenters. The van der Waals surface area contributed by atoms with Gasteiger partial charge < -0.3 is 19.1 Å². The van der Waals surface area contributed by atoms with Crippen LogP contribution in [0.15, 0.2) is 12.4 Å². The van der Waals surface area contributed by atoms with Gasteiger partial charge in [-0.05, 0) is 50.9 Å². The molecule has 3 saturated heterocycles. The first-order valence-electron chi connectivity index (χ1n) is 11.2. The number of piperidine rings is 2. The molecule has 7 heteroatoms. The largest absolute Gasteiger partial charge is 0.376 e. The van der Waals surface area contributed by atoms with E-state index in [1.165, 1.54) is 0 Å². The van der Waals surface area contributed by atoms with Crippen LogP contribution in [0.3, 0.4) is 0 Å². The SMILES string of the molecule is Cc1nccn1CCCC(=O)N1CCC2(CCC(=O)N(C[C@H]3CCCO3)C2)CC1. The van der Waals surface area contributed by atoms with Crippen LogP contribution in [0.25, 0.3) is 0 Å². The Morgan fingerprint density at radius 3 is 2.83 bits per heavy atom. The molecule has 29 heavy (non-hydrogen) atoms. The van der Waals surface area contributed by atoms with E-state index >= 15 is 0 Å². The first-order chi connectivity index (χ1) is 14.0. The van der Waals surface area contributed by atoms with Crippen molar-refractivity contribution in [3.05, 3.63) is 18.2 Å². The maximum absolute atomic E-state index is 12.6. The molecule has 160 valence electrons. The van der Waals surface area contributed by atoms with E-state index in [2.05, 4.69) is 9.55 Å². The molecule has 3 fully saturated rings. The molecule has 0 aromatic carbocycles. The summed E-state index contributed by atoms with van der Waals surface area (Å²) in [5, 5.41) is 0. The summed E-state index contributed by atoms with van der Waals surface area (Å²) < 4.78 is 7.84. The summed E-state index contributed by atoms with van der Waals surface area (Å²) in [6.07, 6.45) is 11.2. The first-order valence-corrected chi connectivity index (χ1v) is 11.2. The summed E-state index contributed by atoms with van der Waals surface area (Å²) in [4.78, 5) is 33.4. The Morgan fingerprint density at radius 1 is 1.31 bits per heavy atom. The molecule has 3 aliphatic heterocycles. The molecule has 0 N–H and O–H groups in total. The summed E-state index contributed by atoms with van der Waals surface area (Å²) in [5.41, 5.74) is 0.192. The minimum atomic E-state index is 0.192. The van der Waals surface area contributed by atoms with E-state index in [1.807, 2.05) is 22.9 Å². The van der Waals surface area contributed by atoms with Crippen LogP contribution >= 0.6 is 0 Å². The quantitative estimate of drug-likeness (QED) is 0.733. The molecular formula is C22H34N4O3. The number of carbonyl (C=O) groups is 2. The van der Waals surface area contributed by atoms with Gasteiger partial charge in [0, 0.05) is 64.6 Å². The van der Waals surface area contributed by atoms with Crippen LogP contribution in [0, 0.1) is 12.3 Å². The highest BCUT2D eigenvalue weighted by Crippen LogP contribution is 2.40. The molecule has 4 rings (SSSR count). The van der Waals surface area contributed by atoms with Crippen LogP contribution in [-0.4, -0.2) is 70.1 Å². The highest BCUT2D eigenvalue weighted by molar-refractivity contribution is 5.77. The monoisotopic (exact) mass is 402 g/mol. The number of aryl methyl sites for hydroxylation is 2. The standard InChI is InChI=1S/C22H34N4O3/c1-18-23-10-14-24(18)11-2-5-20(27)25-12-8-22(9-13-25)7-6-21(28)26(17-22)16-19-4-3-15-29-19/h10,14,19H,2-9,11-13,15-17H2,1H3/t19-/m1/s1. The minimum absolute atomic E-state index is 0.192. The normalized spacial score (nSPS) is 24.4. The third kappa shape index (κ3) is 4.82. The van der Waals surface area contributed by atoms with Crippen molar-refractivity contribution in [1.82, 2.24) is 19.4 Å². The molecular weight excluding hydrogens is 368 g/mol. The number of likely N-dealkylation sites (tertiary alicyclic amines) is 2. The summed E-state index contributed by atoms with van der Waals surface area (Å²) in [5.74, 6) is 1.54. The number of imidazole rings is 1. The van der Waals surface area contributed by atoms with E-state index in [0.29, 0.717) is 12.8 Å². The molecule has 0 saturated carbocycles. The fourth-order valence-electron chi connectivity index (χ4n) is 5.14. The number of amides is 2. The molecule has 0 radical (unpaired) electrons. The number of hydrogen-bond donors (Lipinski definition) is 0. The van der Waals surface area contributed by atoms with Crippen LogP contribution in [0.2, 0.25) is 0 Å². The van der Waals surface area contributed by atoms with Crippen LogP contribution in [0.4, 0.5) is 0 Å². The van der Waals surface area contributed by atoms with Gasteiger partial charge in [0.15, 0.2) is 0 Å². The van der Waals surface area contributed by atoms with Gasteiger partial charge in [0.2, 0.25) is 11.8 Å². The number of aromatic nitrogens is 2. The Morgan fingerprint density at radius 2 is 2.14 bits per heavy atom. The lowest BCUT2D eigenvalue weighted by molar-refractivity contribution is -0.144. The van der Waals surface area contributed by atoms with Crippen LogP contribution < -0.4 is 0 Å². The van der Waals surface area contributed by atoms with Crippen molar-refractivity contribution >= 4 is 11.8 Å². The predicted molar refractivity (Wildman–Crippen MR) is 109 cm³/mol. The average molecular weight is 403 g/mol. The lowest BCUT2D eigenvalue weighted by Crippen LogP contribution is -2.53. The zero-order chi connectivity index (χ0) is 20.3. The lowest BCUT2D eigenvalue weighted by Gasteiger charge is -2.47. The molecule has 3 aliphatic rings. The van der Waals surface area contributed by atoms with Crippen molar-refractivity contribution < 1.29 is 14.3 Å². The van der Waals surface area contributed by atoms with Gasteiger partial charge in [0.05, 0.1) is 6.10 Å². The molecule has 1 spiro atoms. The number of hydrogen-bond acceptors (Lipinski definition) is 4. The van der Waals surface area contributed by atoms with Crippen LogP contribution in [0.5, 0.6) is 0 Å². The van der Waals surface area contributed by atoms with E-state index < -0.39 is 0 Å². The topological polar surface area (TPSA) is 67.7 Å². The molecule has 7 nitrogen and oxygen atoms in total. The van der Waals surface area contributed by atoms with E-state index in [-0.39, 0.29) is 23.3 Å². The van der Waals surface area contributed by atoms with E-state index in [0.717, 1.165) is 83.7 Å². The smallest absolute Gasteiger partial charge is 0.222 e. The Bertz CT molecular complexity index is 717. The highest BCUT2D eigenvalue weighted by Gasteiger charge is 2.42. The molecule has 1 aromatic heterocycles. The first kappa shape index (κ1) is 20.4. The van der Waals surface area contributed by atoms with Crippen molar-refractivity contribution in [2.45, 2.75) is 70.9 Å². The van der Waals surface area contributed by atoms with Gasteiger partial charge in [-0.25, -0.2) is 4.98 Å². The summed E-state index contributed by atoms with van der Waals surface area (Å²) in [6, 6.07) is 0. The molecule has 2 amide bonds. The molecule has 0 aliphatic carbocycles. The Kier molecular flexibility index (Phi) is 6.23. The number of rotatable bonds is 6. The molecule has 0 bridgehead atoms. The third-order valence-corrected chi connectivity index (χ3v) is 7.09. The third-order valence-electron chi connectivity index (χ3n) is 7.09. The van der Waals surface area contributed by atoms with Crippen molar-refractivity contribution in [3.63, 3.8) is 0 Å². The summed E-state index contributed by atoms with van der Waals surface area (Å²) >= 11 is 0. The zero-order valence-corrected chi connectivity index (χ0v) is 17.6. The fourth-order valence-corrected chi connectivity index (χ4v) is 5.14. The van der Waals surface area contributed by atoms with Gasteiger partial charge in [-0.2, -0.15) is 0 Å². The second-order valence-corrected chi connectivity index (χ2v) is 9.06. The molecule has 4 heterocycles. The number of ether oxygens (including phenoxy) is 1. The van der Waals surface area contributed by atoms with Gasteiger partial charge in [0.1, 0.15) is 5.82 Å². The number of nitrogens with zero attached hydrogens (tertiary/aromatic N) is 4. The minimum Gasteiger partial charge on any atom is -0.376 e. The van der Waals surface area contributed by atoms with Crippen molar-refractivity contribution in [3.8, 4) is 0 Å². The van der Waals surface area contributed by atoms with Crippen LogP contribution in [0.1, 0.15) is 57.2 Å². The maximum atomic E-state index is 12.6. The Balaban J connectivity index is 1.24. The lowest BCUT2D eigenvalue weighted by atomic mass is 9.72. The van der Waals surface area contributed by atoms with Crippen LogP contribution in [-0.2, 0) is 20.9 Å². The van der Waals surface area contributed by atoms with Crippen molar-refractivity contribution in [1.29, 1.82) is 0 Å². The maximum Gasteiger partial charge on any atom is 0.222 e. The van der Waals surface area contributed by atoms with Crippen molar-refractivity contribution in [2.75, 3.05) is 32.8 Å². The van der Waals surface area contributed by atoms with Gasteiger partial charge in [0.25, 0.3) is 0 Å². The second-order valence-electron chi connectivity index (χ2n) is 9.06. The number of carbonyl (C=O) groups excluding carboxylic acids is 2. The highest BCUT2D eigenvalue weighted by atomic mass is 16.5. The molecule has 1 aromatic rings. The summed E-state index contributed by atoms with van der Waals surface area (Å²) in [7, 11) is 0. The van der Waals surface area contributed by atoms with E-state index in [4.69, 9.17) is 4.74 Å². The molecule has 0 unspecified atom stereocenters. The fraction of sp³-hybridized carbons (Fsp3) is 0.773. The predicted octanol–water partition coefficient (Wildman–Crippen LogP) is 2.38. The average Bonchev–Trinajstić information content (AvgIpc) is 3.37. The van der Waals surface area contributed by atoms with E-state index in [1.54, 1.807) is 6.20 Å². The van der Waals surface area contributed by atoms with Crippen molar-refractivity contribution in [2.24, 2.45) is 5.41 Å². The summed E-state index contributed by atoms with van der Waals surface area (Å²) in [6.45, 7) is 6.90. The Hall–Kier alpha value is -1.89. The second kappa shape index (κ2) is 8.86. The Labute approximate surface area is 173 Å². The zero-order valence-electron chi connectivity index (χ0n) is 17.6.